The number of halogens is 1. The van der Waals surface area contributed by atoms with Crippen LogP contribution in [0.3, 0.4) is 0 Å². The van der Waals surface area contributed by atoms with Crippen molar-refractivity contribution in [3.63, 3.8) is 0 Å². The Balaban J connectivity index is 3.08. The van der Waals surface area contributed by atoms with Gasteiger partial charge in [-0.1, -0.05) is 17.7 Å². The first-order valence-electron chi connectivity index (χ1n) is 4.99. The van der Waals surface area contributed by atoms with Gasteiger partial charge in [-0.3, -0.25) is 10.1 Å². The number of ether oxygens (including phenoxy) is 1. The highest BCUT2D eigenvalue weighted by Gasteiger charge is 2.25. The Labute approximate surface area is 107 Å². The number of benzene rings is 1. The Kier molecular flexibility index (Phi) is 4.87. The van der Waals surface area contributed by atoms with E-state index in [-0.39, 0.29) is 29.4 Å². The van der Waals surface area contributed by atoms with Gasteiger partial charge >= 0.3 is 11.7 Å². The smallest absolute Gasteiger partial charge is 0.344 e. The van der Waals surface area contributed by atoms with E-state index in [2.05, 4.69) is 0 Å². The lowest BCUT2D eigenvalue weighted by atomic mass is 10.2. The summed E-state index contributed by atoms with van der Waals surface area (Å²) in [7, 11) is 0. The molecule has 0 fully saturated rings. The van der Waals surface area contributed by atoms with Gasteiger partial charge < -0.3 is 15.6 Å². The summed E-state index contributed by atoms with van der Waals surface area (Å²) in [4.78, 5) is 21.0. The van der Waals surface area contributed by atoms with Crippen molar-refractivity contribution in [2.75, 3.05) is 6.54 Å². The van der Waals surface area contributed by atoms with Gasteiger partial charge in [0.25, 0.3) is 0 Å². The summed E-state index contributed by atoms with van der Waals surface area (Å²) >= 11 is 5.77. The van der Waals surface area contributed by atoms with Gasteiger partial charge in [-0.25, -0.2) is 4.79 Å². The third-order valence-electron chi connectivity index (χ3n) is 2.11. The van der Waals surface area contributed by atoms with Crippen molar-refractivity contribution in [3.8, 4) is 5.75 Å². The standard InChI is InChI=1S/C10H11ClN2O5/c11-6-2-1-3-7(13(16)17)9(6)18-8(4-5-12)10(14)15/h1-3,8H,4-5,12H2,(H,14,15). The molecular weight excluding hydrogens is 264 g/mol. The van der Waals surface area contributed by atoms with E-state index in [4.69, 9.17) is 27.2 Å². The highest BCUT2D eigenvalue weighted by atomic mass is 35.5. The summed E-state index contributed by atoms with van der Waals surface area (Å²) < 4.78 is 5.09. The van der Waals surface area contributed by atoms with E-state index in [1.807, 2.05) is 0 Å². The summed E-state index contributed by atoms with van der Waals surface area (Å²) in [5, 5.41) is 19.6. The minimum atomic E-state index is -1.27. The van der Waals surface area contributed by atoms with Gasteiger partial charge in [0.05, 0.1) is 9.95 Å². The number of rotatable bonds is 6. The number of nitrogens with two attached hydrogens (primary N) is 1. The van der Waals surface area contributed by atoms with Gasteiger partial charge in [0.1, 0.15) is 0 Å². The highest BCUT2D eigenvalue weighted by Crippen LogP contribution is 2.35. The van der Waals surface area contributed by atoms with Crippen molar-refractivity contribution in [2.24, 2.45) is 5.73 Å². The topological polar surface area (TPSA) is 116 Å². The van der Waals surface area contributed by atoms with E-state index < -0.39 is 17.0 Å². The Morgan fingerprint density at radius 2 is 2.28 bits per heavy atom. The summed E-state index contributed by atoms with van der Waals surface area (Å²) in [5.41, 5.74) is 4.86. The SMILES string of the molecule is NCCC(Oc1c(Cl)cccc1[N+](=O)[O-])C(=O)O. The van der Waals surface area contributed by atoms with Crippen molar-refractivity contribution < 1.29 is 19.6 Å². The minimum Gasteiger partial charge on any atom is -0.479 e. The van der Waals surface area contributed by atoms with Gasteiger partial charge in [-0.15, -0.1) is 0 Å². The second-order valence-electron chi connectivity index (χ2n) is 3.37. The lowest BCUT2D eigenvalue weighted by Crippen LogP contribution is -2.29. The summed E-state index contributed by atoms with van der Waals surface area (Å²) in [5.74, 6) is -1.51. The lowest BCUT2D eigenvalue weighted by molar-refractivity contribution is -0.386. The molecule has 0 radical (unpaired) electrons. The maximum Gasteiger partial charge on any atom is 0.344 e. The van der Waals surface area contributed by atoms with Crippen LogP contribution < -0.4 is 10.5 Å². The van der Waals surface area contributed by atoms with Gasteiger partial charge in [-0.05, 0) is 12.6 Å². The second-order valence-corrected chi connectivity index (χ2v) is 3.77. The van der Waals surface area contributed by atoms with E-state index >= 15 is 0 Å². The van der Waals surface area contributed by atoms with E-state index in [0.29, 0.717) is 0 Å². The zero-order chi connectivity index (χ0) is 13.7. The molecule has 98 valence electrons. The van der Waals surface area contributed by atoms with Gasteiger partial charge in [0.15, 0.2) is 6.10 Å². The molecule has 1 atom stereocenters. The maximum absolute atomic E-state index is 10.9. The number of nitro groups is 1. The molecule has 0 heterocycles. The van der Waals surface area contributed by atoms with Crippen LogP contribution in [0.5, 0.6) is 5.75 Å². The van der Waals surface area contributed by atoms with Crippen LogP contribution in [0.4, 0.5) is 5.69 Å². The molecule has 1 aromatic rings. The molecule has 0 aromatic heterocycles. The van der Waals surface area contributed by atoms with Crippen LogP contribution in [0.1, 0.15) is 6.42 Å². The zero-order valence-electron chi connectivity index (χ0n) is 9.21. The van der Waals surface area contributed by atoms with Crippen LogP contribution in [0.2, 0.25) is 5.02 Å². The molecule has 0 saturated heterocycles. The van der Waals surface area contributed by atoms with E-state index in [9.17, 15) is 14.9 Å². The molecule has 0 aliphatic carbocycles. The Morgan fingerprint density at radius 1 is 1.61 bits per heavy atom. The lowest BCUT2D eigenvalue weighted by Gasteiger charge is -2.15. The van der Waals surface area contributed by atoms with Gasteiger partial charge in [0, 0.05) is 12.5 Å². The molecule has 0 amide bonds. The van der Waals surface area contributed by atoms with Crippen LogP contribution in [-0.4, -0.2) is 28.6 Å². The van der Waals surface area contributed by atoms with E-state index in [1.54, 1.807) is 0 Å². The van der Waals surface area contributed by atoms with Crippen molar-refractivity contribution >= 4 is 23.3 Å². The molecule has 3 N–H and O–H groups in total. The summed E-state index contributed by atoms with van der Waals surface area (Å²) in [6.07, 6.45) is -1.24. The number of nitro benzene ring substituents is 1. The molecular formula is C10H11ClN2O5. The van der Waals surface area contributed by atoms with Gasteiger partial charge in [0.2, 0.25) is 5.75 Å². The summed E-state index contributed by atoms with van der Waals surface area (Å²) in [6.45, 7) is 0.0786. The zero-order valence-corrected chi connectivity index (χ0v) is 9.96. The molecule has 0 saturated carbocycles. The summed E-state index contributed by atoms with van der Waals surface area (Å²) in [6, 6.07) is 3.94. The fourth-order valence-corrected chi connectivity index (χ4v) is 1.50. The molecule has 8 heteroatoms. The Bertz CT molecular complexity index is 466. The Morgan fingerprint density at radius 3 is 2.78 bits per heavy atom. The van der Waals surface area contributed by atoms with Gasteiger partial charge in [-0.2, -0.15) is 0 Å². The monoisotopic (exact) mass is 274 g/mol. The second kappa shape index (κ2) is 6.18. The largest absolute Gasteiger partial charge is 0.479 e. The normalized spacial score (nSPS) is 11.9. The van der Waals surface area contributed by atoms with Crippen LogP contribution in [0.15, 0.2) is 18.2 Å². The first kappa shape index (κ1) is 14.2. The number of carboxylic acids is 1. The minimum absolute atomic E-state index is 0.0209. The molecule has 0 spiro atoms. The van der Waals surface area contributed by atoms with Crippen molar-refractivity contribution in [3.05, 3.63) is 33.3 Å². The number of carbonyl (C=O) groups is 1. The van der Waals surface area contributed by atoms with E-state index in [1.165, 1.54) is 18.2 Å². The molecule has 0 bridgehead atoms. The Hall–Kier alpha value is -1.86. The van der Waals surface area contributed by atoms with Crippen molar-refractivity contribution in [1.82, 2.24) is 0 Å². The van der Waals surface area contributed by atoms with Crippen LogP contribution in [0, 0.1) is 10.1 Å². The quantitative estimate of drug-likeness (QED) is 0.599. The molecule has 18 heavy (non-hydrogen) atoms. The first-order chi connectivity index (χ1) is 8.47. The van der Waals surface area contributed by atoms with Crippen LogP contribution in [0.25, 0.3) is 0 Å². The number of hydrogen-bond acceptors (Lipinski definition) is 5. The highest BCUT2D eigenvalue weighted by molar-refractivity contribution is 6.32. The number of carboxylic acid groups (broad SMARTS) is 1. The number of aliphatic carboxylic acids is 1. The number of nitrogens with zero attached hydrogens (tertiary/aromatic N) is 1. The predicted octanol–water partition coefficient (Wildman–Crippen LogP) is 1.43. The predicted molar refractivity (Wildman–Crippen MR) is 63.8 cm³/mol. The molecule has 1 rings (SSSR count). The molecule has 0 aliphatic heterocycles. The number of para-hydroxylation sites is 1. The maximum atomic E-state index is 10.9. The van der Waals surface area contributed by atoms with Crippen molar-refractivity contribution in [1.29, 1.82) is 0 Å². The van der Waals surface area contributed by atoms with Crippen LogP contribution >= 0.6 is 11.6 Å². The molecule has 1 unspecified atom stereocenters. The van der Waals surface area contributed by atoms with Crippen molar-refractivity contribution in [2.45, 2.75) is 12.5 Å². The third-order valence-corrected chi connectivity index (χ3v) is 2.40. The molecule has 0 aliphatic rings. The van der Waals surface area contributed by atoms with Crippen LogP contribution in [-0.2, 0) is 4.79 Å². The number of hydrogen-bond donors (Lipinski definition) is 2. The third kappa shape index (κ3) is 3.31. The first-order valence-corrected chi connectivity index (χ1v) is 5.37. The van der Waals surface area contributed by atoms with E-state index in [0.717, 1.165) is 0 Å². The average molecular weight is 275 g/mol. The average Bonchev–Trinajstić information content (AvgIpc) is 2.30. The molecule has 1 aromatic carbocycles. The fourth-order valence-electron chi connectivity index (χ4n) is 1.28. The fraction of sp³-hybridized carbons (Fsp3) is 0.300. The molecule has 7 nitrogen and oxygen atoms in total.